The van der Waals surface area contributed by atoms with Crippen molar-refractivity contribution in [1.82, 2.24) is 0 Å². The first-order valence-corrected chi connectivity index (χ1v) is 7.48. The van der Waals surface area contributed by atoms with Gasteiger partial charge in [-0.05, 0) is 37.1 Å². The quantitative estimate of drug-likeness (QED) is 0.847. The highest BCUT2D eigenvalue weighted by molar-refractivity contribution is 7.90. The van der Waals surface area contributed by atoms with Crippen molar-refractivity contribution in [1.29, 1.82) is 0 Å². The summed E-state index contributed by atoms with van der Waals surface area (Å²) in [5, 5.41) is 3.59. The molecule has 1 fully saturated rings. The summed E-state index contributed by atoms with van der Waals surface area (Å²) in [5.74, 6) is 0. The molecule has 0 radical (unpaired) electrons. The lowest BCUT2D eigenvalue weighted by atomic mass is 9.92. The minimum absolute atomic E-state index is 0.285. The number of hydrogen-bond acceptors (Lipinski definition) is 3. The van der Waals surface area contributed by atoms with E-state index < -0.39 is 9.84 Å². The van der Waals surface area contributed by atoms with E-state index in [-0.39, 0.29) is 5.38 Å². The van der Waals surface area contributed by atoms with Gasteiger partial charge in [0.15, 0.2) is 9.84 Å². The van der Waals surface area contributed by atoms with E-state index in [1.165, 1.54) is 6.26 Å². The minimum atomic E-state index is -3.10. The highest BCUT2D eigenvalue weighted by Gasteiger charge is 2.26. The molecular formula is C11H14ClNO2S. The summed E-state index contributed by atoms with van der Waals surface area (Å²) in [6.45, 7) is 0. The Morgan fingerprint density at radius 1 is 1.25 bits per heavy atom. The van der Waals surface area contributed by atoms with Gasteiger partial charge in [0.25, 0.3) is 0 Å². The summed E-state index contributed by atoms with van der Waals surface area (Å²) in [5.41, 5.74) is 0.945. The lowest BCUT2D eigenvalue weighted by molar-refractivity contribution is 0.455. The highest BCUT2D eigenvalue weighted by atomic mass is 35.5. The zero-order valence-electron chi connectivity index (χ0n) is 8.98. The van der Waals surface area contributed by atoms with Crippen molar-refractivity contribution in [3.8, 4) is 0 Å². The third kappa shape index (κ3) is 2.68. The van der Waals surface area contributed by atoms with Crippen LogP contribution in [0.15, 0.2) is 29.2 Å². The molecule has 16 heavy (non-hydrogen) atoms. The fraction of sp³-hybridized carbons (Fsp3) is 0.455. The maximum atomic E-state index is 11.2. The van der Waals surface area contributed by atoms with E-state index in [4.69, 9.17) is 11.6 Å². The Kier molecular flexibility index (Phi) is 3.13. The second-order valence-electron chi connectivity index (χ2n) is 4.21. The number of anilines is 1. The highest BCUT2D eigenvalue weighted by Crippen LogP contribution is 2.28. The molecule has 0 heterocycles. The van der Waals surface area contributed by atoms with Crippen LogP contribution in [-0.2, 0) is 9.84 Å². The van der Waals surface area contributed by atoms with E-state index in [0.29, 0.717) is 10.9 Å². The van der Waals surface area contributed by atoms with Crippen LogP contribution in [0.3, 0.4) is 0 Å². The molecule has 1 aliphatic carbocycles. The number of hydrogen-bond donors (Lipinski definition) is 1. The molecule has 0 aliphatic heterocycles. The van der Waals surface area contributed by atoms with Crippen LogP contribution in [0.25, 0.3) is 0 Å². The first kappa shape index (κ1) is 11.7. The van der Waals surface area contributed by atoms with Gasteiger partial charge >= 0.3 is 0 Å². The number of alkyl halides is 1. The lowest BCUT2D eigenvalue weighted by Crippen LogP contribution is -2.35. The minimum Gasteiger partial charge on any atom is -0.382 e. The molecule has 88 valence electrons. The summed E-state index contributed by atoms with van der Waals surface area (Å²) < 4.78 is 22.5. The predicted octanol–water partition coefficient (Wildman–Crippen LogP) is 2.27. The van der Waals surface area contributed by atoms with Crippen LogP contribution >= 0.6 is 11.6 Å². The molecule has 1 saturated carbocycles. The van der Waals surface area contributed by atoms with Crippen molar-refractivity contribution in [2.24, 2.45) is 0 Å². The van der Waals surface area contributed by atoms with Crippen LogP contribution < -0.4 is 5.32 Å². The largest absolute Gasteiger partial charge is 0.382 e. The summed E-state index contributed by atoms with van der Waals surface area (Å²) in [4.78, 5) is 0.349. The third-order valence-electron chi connectivity index (χ3n) is 2.73. The molecule has 1 aromatic rings. The second-order valence-corrected chi connectivity index (χ2v) is 6.84. The molecule has 0 aromatic heterocycles. The second kappa shape index (κ2) is 4.26. The molecule has 0 amide bonds. The topological polar surface area (TPSA) is 46.2 Å². The fourth-order valence-electron chi connectivity index (χ4n) is 1.70. The van der Waals surface area contributed by atoms with Crippen LogP contribution in [0.4, 0.5) is 5.69 Å². The van der Waals surface area contributed by atoms with E-state index in [9.17, 15) is 8.42 Å². The SMILES string of the molecule is CS(=O)(=O)c1ccc(NC2CC(Cl)C2)cc1. The summed E-state index contributed by atoms with van der Waals surface area (Å²) in [6, 6.07) is 7.24. The predicted molar refractivity (Wildman–Crippen MR) is 65.8 cm³/mol. The van der Waals surface area contributed by atoms with E-state index in [1.807, 2.05) is 0 Å². The van der Waals surface area contributed by atoms with E-state index in [2.05, 4.69) is 5.32 Å². The van der Waals surface area contributed by atoms with Crippen molar-refractivity contribution in [3.63, 3.8) is 0 Å². The molecule has 0 unspecified atom stereocenters. The van der Waals surface area contributed by atoms with E-state index >= 15 is 0 Å². The molecule has 1 aromatic carbocycles. The van der Waals surface area contributed by atoms with Crippen molar-refractivity contribution in [2.45, 2.75) is 29.2 Å². The number of sulfone groups is 1. The van der Waals surface area contributed by atoms with Crippen LogP contribution in [0.5, 0.6) is 0 Å². The van der Waals surface area contributed by atoms with Gasteiger partial charge in [-0.3, -0.25) is 0 Å². The van der Waals surface area contributed by atoms with Crippen LogP contribution in [-0.4, -0.2) is 26.1 Å². The van der Waals surface area contributed by atoms with Crippen molar-refractivity contribution in [3.05, 3.63) is 24.3 Å². The van der Waals surface area contributed by atoms with E-state index in [0.717, 1.165) is 18.5 Å². The Balaban J connectivity index is 2.03. The van der Waals surface area contributed by atoms with E-state index in [1.54, 1.807) is 24.3 Å². The third-order valence-corrected chi connectivity index (χ3v) is 4.22. The van der Waals surface area contributed by atoms with Gasteiger partial charge in [-0.15, -0.1) is 11.6 Å². The summed E-state index contributed by atoms with van der Waals surface area (Å²) in [6.07, 6.45) is 3.14. The summed E-state index contributed by atoms with van der Waals surface area (Å²) in [7, 11) is -3.10. The zero-order valence-corrected chi connectivity index (χ0v) is 10.6. The molecule has 1 N–H and O–H groups in total. The molecule has 0 atom stereocenters. The van der Waals surface area contributed by atoms with Crippen molar-refractivity contribution < 1.29 is 8.42 Å². The van der Waals surface area contributed by atoms with Crippen molar-refractivity contribution >= 4 is 27.1 Å². The van der Waals surface area contributed by atoms with Crippen molar-refractivity contribution in [2.75, 3.05) is 11.6 Å². The summed E-state index contributed by atoms with van der Waals surface area (Å²) >= 11 is 5.88. The maximum Gasteiger partial charge on any atom is 0.175 e. The van der Waals surface area contributed by atoms with Crippen LogP contribution in [0.1, 0.15) is 12.8 Å². The molecule has 1 aliphatic rings. The average molecular weight is 260 g/mol. The number of nitrogens with one attached hydrogen (secondary N) is 1. The first-order chi connectivity index (χ1) is 7.45. The molecule has 5 heteroatoms. The number of rotatable bonds is 3. The number of halogens is 1. The van der Waals surface area contributed by atoms with Gasteiger partial charge in [0, 0.05) is 23.4 Å². The van der Waals surface area contributed by atoms with Crippen LogP contribution in [0.2, 0.25) is 0 Å². The standard InChI is InChI=1S/C11H14ClNO2S/c1-16(14,15)11-4-2-9(3-5-11)13-10-6-8(12)7-10/h2-5,8,10,13H,6-7H2,1H3. The van der Waals surface area contributed by atoms with Gasteiger partial charge in [0.05, 0.1) is 4.90 Å². The van der Waals surface area contributed by atoms with Gasteiger partial charge < -0.3 is 5.32 Å². The monoisotopic (exact) mass is 259 g/mol. The van der Waals surface area contributed by atoms with Gasteiger partial charge in [-0.2, -0.15) is 0 Å². The van der Waals surface area contributed by atoms with Gasteiger partial charge in [-0.1, -0.05) is 0 Å². The first-order valence-electron chi connectivity index (χ1n) is 5.16. The smallest absolute Gasteiger partial charge is 0.175 e. The molecule has 0 bridgehead atoms. The molecule has 0 saturated heterocycles. The number of benzene rings is 1. The maximum absolute atomic E-state index is 11.2. The average Bonchev–Trinajstić information content (AvgIpc) is 2.15. The van der Waals surface area contributed by atoms with Gasteiger partial charge in [0.1, 0.15) is 0 Å². The molecule has 2 rings (SSSR count). The van der Waals surface area contributed by atoms with Crippen LogP contribution in [0, 0.1) is 0 Å². The lowest BCUT2D eigenvalue weighted by Gasteiger charge is -2.32. The zero-order chi connectivity index (χ0) is 11.8. The Morgan fingerprint density at radius 2 is 1.81 bits per heavy atom. The Morgan fingerprint density at radius 3 is 2.25 bits per heavy atom. The molecule has 0 spiro atoms. The Bertz CT molecular complexity index is 463. The van der Waals surface area contributed by atoms with Gasteiger partial charge in [0.2, 0.25) is 0 Å². The Hall–Kier alpha value is -0.740. The molecular weight excluding hydrogens is 246 g/mol. The normalized spacial score (nSPS) is 24.9. The Labute approximate surface area is 101 Å². The molecule has 3 nitrogen and oxygen atoms in total. The van der Waals surface area contributed by atoms with Gasteiger partial charge in [-0.25, -0.2) is 8.42 Å². The fourth-order valence-corrected chi connectivity index (χ4v) is 2.76.